The summed E-state index contributed by atoms with van der Waals surface area (Å²) in [5.74, 6) is -1.26. The minimum absolute atomic E-state index is 0.0202. The third-order valence-electron chi connectivity index (χ3n) is 6.28. The lowest BCUT2D eigenvalue weighted by Gasteiger charge is -2.37. The highest BCUT2D eigenvalue weighted by Crippen LogP contribution is 2.42. The fourth-order valence-electron chi connectivity index (χ4n) is 4.34. The van der Waals surface area contributed by atoms with Crippen molar-refractivity contribution in [2.24, 2.45) is 0 Å². The van der Waals surface area contributed by atoms with E-state index in [9.17, 15) is 22.8 Å². The number of alkyl halides is 3. The summed E-state index contributed by atoms with van der Waals surface area (Å²) in [5, 5.41) is 0.575. The smallest absolute Gasteiger partial charge is 0.434 e. The van der Waals surface area contributed by atoms with Gasteiger partial charge < -0.3 is 19.1 Å². The van der Waals surface area contributed by atoms with E-state index >= 15 is 4.39 Å². The van der Waals surface area contributed by atoms with Crippen LogP contribution in [-0.4, -0.2) is 60.2 Å². The van der Waals surface area contributed by atoms with E-state index < -0.39 is 29.0 Å². The van der Waals surface area contributed by atoms with Crippen LogP contribution in [0.5, 0.6) is 5.75 Å². The van der Waals surface area contributed by atoms with Gasteiger partial charge in [-0.2, -0.15) is 13.2 Å². The lowest BCUT2D eigenvalue weighted by Crippen LogP contribution is -2.45. The quantitative estimate of drug-likeness (QED) is 0.399. The second kappa shape index (κ2) is 8.92. The molecule has 0 aliphatic carbocycles. The number of hydrogen-bond acceptors (Lipinski definition) is 8. The minimum Gasteiger partial charge on any atom is -0.487 e. The van der Waals surface area contributed by atoms with E-state index in [1.807, 2.05) is 18.9 Å². The Kier molecular flexibility index (Phi) is 6.03. The van der Waals surface area contributed by atoms with Gasteiger partial charge in [0.2, 0.25) is 10.6 Å². The standard InChI is InChI=1S/C22H22F4N6O3S/c1-11-9-35-19-16-12(7-14(23)17(19)31-5-3-30(2)4-6-31)18(33)13(8-32(11)16)20(34)28-29-21-27-15(10-36-21)22(24,25)26/h7-8,10-11H,3-6,9H2,1-2H3,(H,27,29)(H,28,34)/t11-/m0/s1. The van der Waals surface area contributed by atoms with Gasteiger partial charge in [-0.05, 0) is 20.0 Å². The monoisotopic (exact) mass is 526 g/mol. The molecule has 1 aromatic carbocycles. The van der Waals surface area contributed by atoms with E-state index in [0.717, 1.165) is 24.5 Å². The van der Waals surface area contributed by atoms with Crippen molar-refractivity contribution in [3.8, 4) is 5.75 Å². The van der Waals surface area contributed by atoms with Gasteiger partial charge in [-0.25, -0.2) is 9.37 Å². The van der Waals surface area contributed by atoms with E-state index in [1.54, 1.807) is 4.57 Å². The van der Waals surface area contributed by atoms with Crippen LogP contribution in [0.25, 0.3) is 10.9 Å². The number of rotatable bonds is 4. The first-order valence-corrected chi connectivity index (χ1v) is 12.0. The molecule has 2 aliphatic heterocycles. The molecule has 9 nitrogen and oxygen atoms in total. The van der Waals surface area contributed by atoms with E-state index in [-0.39, 0.29) is 34.5 Å². The zero-order valence-electron chi connectivity index (χ0n) is 19.3. The Morgan fingerprint density at radius 1 is 1.25 bits per heavy atom. The Morgan fingerprint density at radius 3 is 2.64 bits per heavy atom. The summed E-state index contributed by atoms with van der Waals surface area (Å²) in [4.78, 5) is 33.5. The van der Waals surface area contributed by atoms with Crippen LogP contribution >= 0.6 is 11.3 Å². The van der Waals surface area contributed by atoms with Gasteiger partial charge in [-0.1, -0.05) is 0 Å². The molecular weight excluding hydrogens is 504 g/mol. The molecule has 1 fully saturated rings. The maximum atomic E-state index is 15.4. The number of amides is 1. The van der Waals surface area contributed by atoms with Crippen LogP contribution in [0.3, 0.4) is 0 Å². The Hall–Kier alpha value is -3.39. The topological polar surface area (TPSA) is 91.7 Å². The molecule has 2 aliphatic rings. The number of benzene rings is 1. The van der Waals surface area contributed by atoms with Gasteiger partial charge in [0.25, 0.3) is 5.91 Å². The number of anilines is 2. The fourth-order valence-corrected chi connectivity index (χ4v) is 5.01. The maximum Gasteiger partial charge on any atom is 0.434 e. The first-order valence-electron chi connectivity index (χ1n) is 11.1. The molecule has 0 saturated carbocycles. The highest BCUT2D eigenvalue weighted by Gasteiger charge is 2.34. The number of aromatic nitrogens is 2. The third kappa shape index (κ3) is 4.23. The second-order valence-corrected chi connectivity index (χ2v) is 9.63. The van der Waals surface area contributed by atoms with Crippen molar-refractivity contribution in [2.75, 3.05) is 50.2 Å². The van der Waals surface area contributed by atoms with Crippen LogP contribution in [0.15, 0.2) is 22.4 Å². The van der Waals surface area contributed by atoms with Crippen LogP contribution in [0.1, 0.15) is 29.0 Å². The molecule has 0 unspecified atom stereocenters. The molecule has 36 heavy (non-hydrogen) atoms. The molecule has 192 valence electrons. The molecule has 1 atom stereocenters. The number of carbonyl (C=O) groups is 1. The van der Waals surface area contributed by atoms with Crippen LogP contribution in [0.2, 0.25) is 0 Å². The fraction of sp³-hybridized carbons (Fsp3) is 0.409. The van der Waals surface area contributed by atoms with E-state index in [4.69, 9.17) is 4.74 Å². The second-order valence-electron chi connectivity index (χ2n) is 8.78. The molecule has 14 heteroatoms. The van der Waals surface area contributed by atoms with Crippen molar-refractivity contribution in [1.29, 1.82) is 0 Å². The molecule has 0 bridgehead atoms. The lowest BCUT2D eigenvalue weighted by atomic mass is 10.0. The number of nitrogens with one attached hydrogen (secondary N) is 2. The first-order chi connectivity index (χ1) is 17.0. The molecule has 4 heterocycles. The lowest BCUT2D eigenvalue weighted by molar-refractivity contribution is -0.140. The number of ether oxygens (including phenoxy) is 1. The predicted molar refractivity (Wildman–Crippen MR) is 126 cm³/mol. The van der Waals surface area contributed by atoms with Gasteiger partial charge in [0.1, 0.15) is 17.9 Å². The van der Waals surface area contributed by atoms with Crippen LogP contribution in [0, 0.1) is 5.82 Å². The summed E-state index contributed by atoms with van der Waals surface area (Å²) in [6.07, 6.45) is -3.25. The molecule has 0 spiro atoms. The summed E-state index contributed by atoms with van der Waals surface area (Å²) in [6.45, 7) is 4.71. The molecule has 3 aromatic rings. The van der Waals surface area contributed by atoms with Crippen molar-refractivity contribution >= 4 is 39.0 Å². The molecule has 2 N–H and O–H groups in total. The molecule has 5 rings (SSSR count). The first kappa shape index (κ1) is 24.3. The average molecular weight is 527 g/mol. The van der Waals surface area contributed by atoms with E-state index in [2.05, 4.69) is 20.7 Å². The zero-order chi connectivity index (χ0) is 25.8. The number of halogens is 4. The maximum absolute atomic E-state index is 15.4. The Bertz CT molecular complexity index is 1400. The molecule has 0 radical (unpaired) electrons. The summed E-state index contributed by atoms with van der Waals surface area (Å²) in [7, 11) is 1.99. The van der Waals surface area contributed by atoms with Gasteiger partial charge in [0.05, 0.1) is 16.9 Å². The Morgan fingerprint density at radius 2 is 1.97 bits per heavy atom. The highest BCUT2D eigenvalue weighted by atomic mass is 32.1. The van der Waals surface area contributed by atoms with Crippen LogP contribution < -0.4 is 25.9 Å². The number of nitrogens with zero attached hydrogens (tertiary/aromatic N) is 4. The number of hydrogen-bond donors (Lipinski definition) is 2. The minimum atomic E-state index is -4.62. The van der Waals surface area contributed by atoms with Gasteiger partial charge in [-0.3, -0.25) is 20.4 Å². The zero-order valence-corrected chi connectivity index (χ0v) is 20.1. The molecular formula is C22H22F4N6O3S. The number of thiazole rings is 1. The van der Waals surface area contributed by atoms with Crippen LogP contribution in [-0.2, 0) is 6.18 Å². The summed E-state index contributed by atoms with van der Waals surface area (Å²) < 4.78 is 61.3. The van der Waals surface area contributed by atoms with Crippen LogP contribution in [0.4, 0.5) is 28.4 Å². The van der Waals surface area contributed by atoms with Crippen molar-refractivity contribution in [2.45, 2.75) is 19.1 Å². The number of piperazine rings is 1. The number of likely N-dealkylation sites (N-methyl/N-ethyl adjacent to an activating group) is 1. The molecule has 2 aromatic heterocycles. The SMILES string of the molecule is C[C@H]1COc2c(N3CCN(C)CC3)c(F)cc3c(=O)c(C(=O)NNc4nc(C(F)(F)F)cs4)cn1c23. The highest BCUT2D eigenvalue weighted by molar-refractivity contribution is 7.13. The number of hydrazine groups is 1. The van der Waals surface area contributed by atoms with Crippen molar-refractivity contribution in [1.82, 2.24) is 19.9 Å². The van der Waals surface area contributed by atoms with E-state index in [0.29, 0.717) is 35.6 Å². The predicted octanol–water partition coefficient (Wildman–Crippen LogP) is 3.08. The average Bonchev–Trinajstić information content (AvgIpc) is 3.32. The third-order valence-corrected chi connectivity index (χ3v) is 7.04. The van der Waals surface area contributed by atoms with Crippen molar-refractivity contribution < 1.29 is 27.1 Å². The van der Waals surface area contributed by atoms with Crippen molar-refractivity contribution in [3.63, 3.8) is 0 Å². The van der Waals surface area contributed by atoms with Gasteiger partial charge >= 0.3 is 6.18 Å². The Labute approximate surface area is 206 Å². The largest absolute Gasteiger partial charge is 0.487 e. The van der Waals surface area contributed by atoms with Gasteiger partial charge in [0.15, 0.2) is 17.3 Å². The van der Waals surface area contributed by atoms with Gasteiger partial charge in [-0.15, -0.1) is 11.3 Å². The number of carbonyl (C=O) groups excluding carboxylic acids is 1. The molecule has 1 amide bonds. The normalized spacial score (nSPS) is 18.3. The Balaban J connectivity index is 1.51. The summed E-state index contributed by atoms with van der Waals surface area (Å²) in [6, 6.07) is 0.854. The summed E-state index contributed by atoms with van der Waals surface area (Å²) in [5.41, 5.74) is 3.07. The molecule has 1 saturated heterocycles. The van der Waals surface area contributed by atoms with E-state index in [1.165, 1.54) is 6.20 Å². The van der Waals surface area contributed by atoms with Crippen molar-refractivity contribution in [3.05, 3.63) is 44.9 Å². The summed E-state index contributed by atoms with van der Waals surface area (Å²) >= 11 is 0.643. The number of pyridine rings is 1. The van der Waals surface area contributed by atoms with Gasteiger partial charge in [0, 0.05) is 37.8 Å².